The number of nitrogens with zero attached hydrogens (tertiary/aromatic N) is 4. The van der Waals surface area contributed by atoms with Gasteiger partial charge in [0.25, 0.3) is 5.91 Å². The van der Waals surface area contributed by atoms with Crippen LogP contribution in [-0.4, -0.2) is 52.2 Å². The highest BCUT2D eigenvalue weighted by Crippen LogP contribution is 2.23. The molecule has 3 aromatic rings. The van der Waals surface area contributed by atoms with Crippen LogP contribution in [0.3, 0.4) is 0 Å². The molecular formula is C22H26N4O4. The molecule has 30 heavy (non-hydrogen) atoms. The molecule has 0 saturated carbocycles. The summed E-state index contributed by atoms with van der Waals surface area (Å²) in [5.74, 6) is 2.14. The summed E-state index contributed by atoms with van der Waals surface area (Å²) in [5, 5.41) is 7.88. The fourth-order valence-electron chi connectivity index (χ4n) is 3.62. The van der Waals surface area contributed by atoms with Gasteiger partial charge in [0.2, 0.25) is 0 Å². The second-order valence-electron chi connectivity index (χ2n) is 7.59. The number of para-hydroxylation sites is 1. The van der Waals surface area contributed by atoms with Gasteiger partial charge in [-0.1, -0.05) is 22.4 Å². The Morgan fingerprint density at radius 1 is 1.07 bits per heavy atom. The lowest BCUT2D eigenvalue weighted by Gasteiger charge is -2.34. The van der Waals surface area contributed by atoms with Crippen molar-refractivity contribution in [3.63, 3.8) is 0 Å². The summed E-state index contributed by atoms with van der Waals surface area (Å²) in [6.07, 6.45) is 0. The quantitative estimate of drug-likeness (QED) is 0.617. The maximum atomic E-state index is 13.2. The van der Waals surface area contributed by atoms with E-state index in [1.807, 2.05) is 56.0 Å². The van der Waals surface area contributed by atoms with Crippen LogP contribution in [-0.2, 0) is 13.2 Å². The molecule has 1 aliphatic heterocycles. The highest BCUT2D eigenvalue weighted by molar-refractivity contribution is 5.97. The molecule has 0 bridgehead atoms. The highest BCUT2D eigenvalue weighted by atomic mass is 16.5. The smallest absolute Gasteiger partial charge is 0.257 e. The normalized spacial score (nSPS) is 14.8. The Bertz CT molecular complexity index is 998. The summed E-state index contributed by atoms with van der Waals surface area (Å²) >= 11 is 0. The predicted octanol–water partition coefficient (Wildman–Crippen LogP) is 3.12. The molecule has 1 fully saturated rings. The number of piperazine rings is 1. The van der Waals surface area contributed by atoms with Gasteiger partial charge < -0.3 is 18.7 Å². The number of rotatable bonds is 6. The molecule has 8 nitrogen and oxygen atoms in total. The minimum atomic E-state index is -0.0143. The van der Waals surface area contributed by atoms with Gasteiger partial charge in [0.15, 0.2) is 5.76 Å². The highest BCUT2D eigenvalue weighted by Gasteiger charge is 2.25. The lowest BCUT2D eigenvalue weighted by molar-refractivity contribution is 0.0613. The number of carbonyl (C=O) groups excluding carboxylic acids is 1. The van der Waals surface area contributed by atoms with Crippen LogP contribution in [0.2, 0.25) is 0 Å². The standard InChI is InChI=1S/C22H26N4O4/c1-15-12-18(30-23-15)13-25-8-10-26(11-9-25)22(27)19-6-4-5-7-21(19)28-14-20-16(2)24-29-17(20)3/h4-7,12H,8-11,13-14H2,1-3H3. The molecule has 0 spiro atoms. The molecule has 0 atom stereocenters. The van der Waals surface area contributed by atoms with Crippen LogP contribution < -0.4 is 4.74 Å². The van der Waals surface area contributed by atoms with E-state index in [4.69, 9.17) is 13.8 Å². The van der Waals surface area contributed by atoms with E-state index in [2.05, 4.69) is 15.2 Å². The Morgan fingerprint density at radius 2 is 1.83 bits per heavy atom. The summed E-state index contributed by atoms with van der Waals surface area (Å²) in [5.41, 5.74) is 3.17. The number of aryl methyl sites for hydroxylation is 3. The van der Waals surface area contributed by atoms with E-state index in [0.717, 1.165) is 41.6 Å². The largest absolute Gasteiger partial charge is 0.488 e. The average molecular weight is 410 g/mol. The summed E-state index contributed by atoms with van der Waals surface area (Å²) in [7, 11) is 0. The minimum absolute atomic E-state index is 0.0143. The number of hydrogen-bond acceptors (Lipinski definition) is 7. The first-order chi connectivity index (χ1) is 14.5. The lowest BCUT2D eigenvalue weighted by atomic mass is 10.1. The van der Waals surface area contributed by atoms with Crippen molar-refractivity contribution in [1.29, 1.82) is 0 Å². The molecule has 8 heteroatoms. The number of ether oxygens (including phenoxy) is 1. The van der Waals surface area contributed by atoms with Crippen molar-refractivity contribution in [2.24, 2.45) is 0 Å². The zero-order valence-electron chi connectivity index (χ0n) is 17.6. The average Bonchev–Trinajstić information content (AvgIpc) is 3.31. The predicted molar refractivity (Wildman–Crippen MR) is 109 cm³/mol. The van der Waals surface area contributed by atoms with E-state index in [1.54, 1.807) is 0 Å². The maximum absolute atomic E-state index is 13.2. The van der Waals surface area contributed by atoms with Gasteiger partial charge in [-0.25, -0.2) is 0 Å². The molecule has 0 radical (unpaired) electrons. The number of benzene rings is 1. The van der Waals surface area contributed by atoms with E-state index in [1.165, 1.54) is 0 Å². The molecule has 0 N–H and O–H groups in total. The van der Waals surface area contributed by atoms with Crippen molar-refractivity contribution in [3.05, 3.63) is 64.4 Å². The van der Waals surface area contributed by atoms with E-state index in [0.29, 0.717) is 37.6 Å². The van der Waals surface area contributed by atoms with Gasteiger partial charge in [-0.15, -0.1) is 0 Å². The fraction of sp³-hybridized carbons (Fsp3) is 0.409. The first-order valence-electron chi connectivity index (χ1n) is 10.1. The monoisotopic (exact) mass is 410 g/mol. The molecule has 1 aliphatic rings. The van der Waals surface area contributed by atoms with Gasteiger partial charge in [0.05, 0.1) is 29.1 Å². The van der Waals surface area contributed by atoms with Crippen LogP contribution in [0.1, 0.15) is 38.8 Å². The Labute approximate surface area is 175 Å². The minimum Gasteiger partial charge on any atom is -0.488 e. The van der Waals surface area contributed by atoms with Crippen LogP contribution in [0, 0.1) is 20.8 Å². The van der Waals surface area contributed by atoms with Gasteiger partial charge in [0.1, 0.15) is 18.1 Å². The molecular weight excluding hydrogens is 384 g/mol. The van der Waals surface area contributed by atoms with Gasteiger partial charge in [-0.2, -0.15) is 0 Å². The zero-order chi connectivity index (χ0) is 21.1. The molecule has 1 amide bonds. The van der Waals surface area contributed by atoms with Gasteiger partial charge in [-0.05, 0) is 32.9 Å². The van der Waals surface area contributed by atoms with Crippen molar-refractivity contribution in [3.8, 4) is 5.75 Å². The summed E-state index contributed by atoms with van der Waals surface area (Å²) < 4.78 is 16.5. The van der Waals surface area contributed by atoms with Gasteiger partial charge in [0, 0.05) is 32.2 Å². The van der Waals surface area contributed by atoms with Crippen molar-refractivity contribution < 1.29 is 18.6 Å². The second kappa shape index (κ2) is 8.71. The Balaban J connectivity index is 1.38. The molecule has 0 aliphatic carbocycles. The van der Waals surface area contributed by atoms with E-state index in [9.17, 15) is 4.79 Å². The van der Waals surface area contributed by atoms with E-state index < -0.39 is 0 Å². The summed E-state index contributed by atoms with van der Waals surface area (Å²) in [6.45, 7) is 9.56. The van der Waals surface area contributed by atoms with Crippen LogP contribution in [0.4, 0.5) is 0 Å². The third kappa shape index (κ3) is 4.38. The number of hydrogen-bond donors (Lipinski definition) is 0. The van der Waals surface area contributed by atoms with Crippen LogP contribution in [0.25, 0.3) is 0 Å². The molecule has 0 unspecified atom stereocenters. The topological polar surface area (TPSA) is 84.8 Å². The van der Waals surface area contributed by atoms with Crippen molar-refractivity contribution in [2.45, 2.75) is 33.9 Å². The molecule has 1 aromatic carbocycles. The molecule has 2 aromatic heterocycles. The molecule has 158 valence electrons. The van der Waals surface area contributed by atoms with Crippen LogP contribution >= 0.6 is 0 Å². The van der Waals surface area contributed by atoms with Crippen LogP contribution in [0.5, 0.6) is 5.75 Å². The first kappa shape index (κ1) is 20.2. The van der Waals surface area contributed by atoms with Crippen molar-refractivity contribution >= 4 is 5.91 Å². The third-order valence-electron chi connectivity index (χ3n) is 5.39. The Hall–Kier alpha value is -3.13. The first-order valence-corrected chi connectivity index (χ1v) is 10.1. The third-order valence-corrected chi connectivity index (χ3v) is 5.39. The Morgan fingerprint density at radius 3 is 2.50 bits per heavy atom. The SMILES string of the molecule is Cc1cc(CN2CCN(C(=O)c3ccccc3OCc3c(C)noc3C)CC2)on1. The number of carbonyl (C=O) groups is 1. The summed E-state index contributed by atoms with van der Waals surface area (Å²) in [6, 6.07) is 9.32. The van der Waals surface area contributed by atoms with Crippen molar-refractivity contribution in [2.75, 3.05) is 26.2 Å². The maximum Gasteiger partial charge on any atom is 0.257 e. The fourth-order valence-corrected chi connectivity index (χ4v) is 3.62. The zero-order valence-corrected chi connectivity index (χ0v) is 17.6. The lowest BCUT2D eigenvalue weighted by Crippen LogP contribution is -2.48. The Kier molecular flexibility index (Phi) is 5.85. The van der Waals surface area contributed by atoms with Gasteiger partial charge >= 0.3 is 0 Å². The number of aromatic nitrogens is 2. The van der Waals surface area contributed by atoms with E-state index >= 15 is 0 Å². The van der Waals surface area contributed by atoms with Crippen LogP contribution in [0.15, 0.2) is 39.4 Å². The molecule has 4 rings (SSSR count). The van der Waals surface area contributed by atoms with E-state index in [-0.39, 0.29) is 5.91 Å². The molecule has 1 saturated heterocycles. The number of amides is 1. The van der Waals surface area contributed by atoms with Gasteiger partial charge in [-0.3, -0.25) is 9.69 Å². The molecule has 3 heterocycles. The van der Waals surface area contributed by atoms with Crippen molar-refractivity contribution in [1.82, 2.24) is 20.1 Å². The summed E-state index contributed by atoms with van der Waals surface area (Å²) in [4.78, 5) is 17.3. The second-order valence-corrected chi connectivity index (χ2v) is 7.59.